The van der Waals surface area contributed by atoms with Crippen LogP contribution in [0.3, 0.4) is 0 Å². The van der Waals surface area contributed by atoms with Crippen molar-refractivity contribution in [2.45, 2.75) is 32.2 Å². The molecule has 1 aromatic heterocycles. The second-order valence-corrected chi connectivity index (χ2v) is 6.95. The maximum atomic E-state index is 12.9. The Kier molecular flexibility index (Phi) is 7.43. The minimum atomic E-state index is -0.294. The SMILES string of the molecule is COCCNC(=O)Cn1cc(NC(=O)[C@@]23CCCC[C@H]2CNC3)cn1.Cl. The Morgan fingerprint density at radius 1 is 1.46 bits per heavy atom. The Morgan fingerprint density at radius 2 is 2.31 bits per heavy atom. The van der Waals surface area contributed by atoms with Gasteiger partial charge in [0, 0.05) is 26.4 Å². The smallest absolute Gasteiger partial charge is 0.241 e. The summed E-state index contributed by atoms with van der Waals surface area (Å²) >= 11 is 0. The summed E-state index contributed by atoms with van der Waals surface area (Å²) in [6.45, 7) is 2.74. The third kappa shape index (κ3) is 4.55. The van der Waals surface area contributed by atoms with Crippen molar-refractivity contribution in [1.82, 2.24) is 20.4 Å². The van der Waals surface area contributed by atoms with E-state index >= 15 is 0 Å². The number of carbonyl (C=O) groups is 2. The van der Waals surface area contributed by atoms with E-state index in [1.54, 1.807) is 19.5 Å². The fraction of sp³-hybridized carbons (Fsp3) is 0.706. The van der Waals surface area contributed by atoms with Crippen LogP contribution < -0.4 is 16.0 Å². The highest BCUT2D eigenvalue weighted by Gasteiger charge is 2.49. The molecule has 1 saturated heterocycles. The molecular weight excluding hydrogens is 358 g/mol. The normalized spacial score (nSPS) is 24.4. The first-order valence-electron chi connectivity index (χ1n) is 8.94. The molecule has 9 heteroatoms. The van der Waals surface area contributed by atoms with Crippen molar-refractivity contribution >= 4 is 29.9 Å². The Labute approximate surface area is 159 Å². The third-order valence-electron chi connectivity index (χ3n) is 5.32. The predicted molar refractivity (Wildman–Crippen MR) is 100 cm³/mol. The van der Waals surface area contributed by atoms with Crippen LogP contribution in [-0.4, -0.2) is 54.9 Å². The highest BCUT2D eigenvalue weighted by Crippen LogP contribution is 2.44. The number of aromatic nitrogens is 2. The zero-order chi connectivity index (χ0) is 17.7. The number of nitrogens with zero attached hydrogens (tertiary/aromatic N) is 2. The molecule has 0 aromatic carbocycles. The van der Waals surface area contributed by atoms with Crippen LogP contribution in [0, 0.1) is 11.3 Å². The maximum Gasteiger partial charge on any atom is 0.241 e. The lowest BCUT2D eigenvalue weighted by molar-refractivity contribution is -0.128. The minimum absolute atomic E-state index is 0. The Morgan fingerprint density at radius 3 is 3.12 bits per heavy atom. The lowest BCUT2D eigenvalue weighted by Crippen LogP contribution is -2.44. The highest BCUT2D eigenvalue weighted by atomic mass is 35.5. The van der Waals surface area contributed by atoms with Crippen molar-refractivity contribution < 1.29 is 14.3 Å². The van der Waals surface area contributed by atoms with E-state index in [1.807, 2.05) is 0 Å². The molecule has 1 aliphatic carbocycles. The summed E-state index contributed by atoms with van der Waals surface area (Å²) in [7, 11) is 1.59. The van der Waals surface area contributed by atoms with Gasteiger partial charge in [-0.25, -0.2) is 0 Å². The molecular formula is C17H28ClN5O3. The van der Waals surface area contributed by atoms with Crippen LogP contribution >= 0.6 is 12.4 Å². The van der Waals surface area contributed by atoms with Crippen LogP contribution in [-0.2, 0) is 20.9 Å². The zero-order valence-corrected chi connectivity index (χ0v) is 15.9. The van der Waals surface area contributed by atoms with E-state index in [9.17, 15) is 9.59 Å². The van der Waals surface area contributed by atoms with E-state index < -0.39 is 0 Å². The van der Waals surface area contributed by atoms with Gasteiger partial charge in [-0.1, -0.05) is 12.8 Å². The van der Waals surface area contributed by atoms with E-state index in [4.69, 9.17) is 4.74 Å². The van der Waals surface area contributed by atoms with Crippen molar-refractivity contribution in [3.63, 3.8) is 0 Å². The van der Waals surface area contributed by atoms with Crippen molar-refractivity contribution in [3.8, 4) is 0 Å². The molecule has 26 heavy (non-hydrogen) atoms. The Hall–Kier alpha value is -1.64. The standard InChI is InChI=1S/C17H27N5O3.ClH/c1-25-7-6-19-15(23)11-22-10-14(9-20-22)21-16(24)17-5-3-2-4-13(17)8-18-12-17;/h9-10,13,18H,2-8,11-12H2,1H3,(H,19,23)(H,21,24);1H/t13-,17+;/m0./s1. The van der Waals surface area contributed by atoms with Gasteiger partial charge in [-0.15, -0.1) is 12.4 Å². The number of nitrogens with one attached hydrogen (secondary N) is 3. The van der Waals surface area contributed by atoms with Crippen molar-refractivity contribution in [2.75, 3.05) is 38.7 Å². The maximum absolute atomic E-state index is 12.9. The molecule has 8 nitrogen and oxygen atoms in total. The number of hydrogen-bond donors (Lipinski definition) is 3. The second-order valence-electron chi connectivity index (χ2n) is 6.95. The molecule has 0 bridgehead atoms. The van der Waals surface area contributed by atoms with Gasteiger partial charge in [0.1, 0.15) is 6.54 Å². The summed E-state index contributed by atoms with van der Waals surface area (Å²) in [5.41, 5.74) is 0.345. The number of anilines is 1. The number of methoxy groups -OCH3 is 1. The minimum Gasteiger partial charge on any atom is -0.383 e. The van der Waals surface area contributed by atoms with E-state index in [0.717, 1.165) is 32.4 Å². The largest absolute Gasteiger partial charge is 0.383 e. The van der Waals surface area contributed by atoms with Crippen molar-refractivity contribution in [1.29, 1.82) is 0 Å². The van der Waals surface area contributed by atoms with E-state index in [0.29, 0.717) is 24.8 Å². The van der Waals surface area contributed by atoms with Crippen LogP contribution in [0.1, 0.15) is 25.7 Å². The topological polar surface area (TPSA) is 97.3 Å². The van der Waals surface area contributed by atoms with Gasteiger partial charge in [-0.2, -0.15) is 5.10 Å². The van der Waals surface area contributed by atoms with Crippen LogP contribution in [0.2, 0.25) is 0 Å². The molecule has 2 amide bonds. The average Bonchev–Trinajstić information content (AvgIpc) is 3.22. The van der Waals surface area contributed by atoms with Crippen LogP contribution in [0.25, 0.3) is 0 Å². The van der Waals surface area contributed by atoms with Gasteiger partial charge >= 0.3 is 0 Å². The zero-order valence-electron chi connectivity index (χ0n) is 15.1. The third-order valence-corrected chi connectivity index (χ3v) is 5.32. The molecule has 2 atom stereocenters. The van der Waals surface area contributed by atoms with Gasteiger partial charge in [-0.3, -0.25) is 14.3 Å². The number of halogens is 1. The van der Waals surface area contributed by atoms with E-state index in [1.165, 1.54) is 11.1 Å². The molecule has 1 saturated carbocycles. The molecule has 0 spiro atoms. The molecule has 3 N–H and O–H groups in total. The molecule has 1 aliphatic heterocycles. The van der Waals surface area contributed by atoms with E-state index in [2.05, 4.69) is 21.0 Å². The highest BCUT2D eigenvalue weighted by molar-refractivity contribution is 5.96. The van der Waals surface area contributed by atoms with Gasteiger partial charge in [0.15, 0.2) is 0 Å². The first-order valence-corrected chi connectivity index (χ1v) is 8.94. The molecule has 2 fully saturated rings. The van der Waals surface area contributed by atoms with Gasteiger partial charge in [0.2, 0.25) is 11.8 Å². The van der Waals surface area contributed by atoms with Gasteiger partial charge in [0.05, 0.1) is 23.9 Å². The molecule has 0 unspecified atom stereocenters. The van der Waals surface area contributed by atoms with Crippen molar-refractivity contribution in [3.05, 3.63) is 12.4 Å². The second kappa shape index (κ2) is 9.34. The van der Waals surface area contributed by atoms with Gasteiger partial charge in [0.25, 0.3) is 0 Å². The lowest BCUT2D eigenvalue weighted by Gasteiger charge is -2.36. The number of fused-ring (bicyclic) bond motifs is 1. The summed E-state index contributed by atoms with van der Waals surface area (Å²) in [6.07, 6.45) is 7.65. The number of ether oxygens (including phenoxy) is 1. The monoisotopic (exact) mass is 385 g/mol. The summed E-state index contributed by atoms with van der Waals surface area (Å²) in [5, 5.41) is 13.3. The molecule has 1 aromatic rings. The van der Waals surface area contributed by atoms with Crippen molar-refractivity contribution in [2.24, 2.45) is 11.3 Å². The lowest BCUT2D eigenvalue weighted by atomic mass is 9.67. The predicted octanol–water partition coefficient (Wildman–Crippen LogP) is 0.786. The fourth-order valence-corrected chi connectivity index (χ4v) is 3.96. The average molecular weight is 386 g/mol. The number of hydrogen-bond acceptors (Lipinski definition) is 5. The van der Waals surface area contributed by atoms with E-state index in [-0.39, 0.29) is 36.2 Å². The summed E-state index contributed by atoms with van der Waals surface area (Å²) in [5.74, 6) is 0.359. The number of amides is 2. The number of carbonyl (C=O) groups excluding carboxylic acids is 2. The Bertz CT molecular complexity index is 623. The Balaban J connectivity index is 0.00000243. The quantitative estimate of drug-likeness (QED) is 0.603. The summed E-state index contributed by atoms with van der Waals surface area (Å²) in [6, 6.07) is 0. The number of rotatable bonds is 7. The van der Waals surface area contributed by atoms with Crippen LogP contribution in [0.15, 0.2) is 12.4 Å². The molecule has 146 valence electrons. The fourth-order valence-electron chi connectivity index (χ4n) is 3.96. The van der Waals surface area contributed by atoms with Gasteiger partial charge in [-0.05, 0) is 25.3 Å². The molecule has 0 radical (unpaired) electrons. The molecule has 3 rings (SSSR count). The first-order chi connectivity index (χ1) is 12.1. The molecule has 2 heterocycles. The van der Waals surface area contributed by atoms with Gasteiger partial charge < -0.3 is 20.7 Å². The van der Waals surface area contributed by atoms with Crippen LogP contribution in [0.4, 0.5) is 5.69 Å². The summed E-state index contributed by atoms with van der Waals surface area (Å²) in [4.78, 5) is 24.7. The molecule has 2 aliphatic rings. The summed E-state index contributed by atoms with van der Waals surface area (Å²) < 4.78 is 6.42. The first kappa shape index (κ1) is 20.7. The van der Waals surface area contributed by atoms with Crippen LogP contribution in [0.5, 0.6) is 0 Å².